The van der Waals surface area contributed by atoms with Crippen LogP contribution in [0, 0.1) is 11.8 Å². The zero-order valence-electron chi connectivity index (χ0n) is 16.5. The van der Waals surface area contributed by atoms with Gasteiger partial charge >= 0.3 is 0 Å². The number of nitrogens with zero attached hydrogens (tertiary/aromatic N) is 1. The molecule has 0 radical (unpaired) electrons. The molecule has 0 unspecified atom stereocenters. The molecule has 1 aromatic heterocycles. The van der Waals surface area contributed by atoms with Crippen molar-refractivity contribution in [3.05, 3.63) is 35.5 Å². The van der Waals surface area contributed by atoms with Crippen molar-refractivity contribution in [3.63, 3.8) is 0 Å². The third-order valence-corrected chi connectivity index (χ3v) is 7.22. The second kappa shape index (κ2) is 6.79. The third kappa shape index (κ3) is 3.26. The number of aliphatic hydroxyl groups is 1. The van der Waals surface area contributed by atoms with Gasteiger partial charge in [-0.3, -0.25) is 4.90 Å². The highest BCUT2D eigenvalue weighted by molar-refractivity contribution is 6.69. The van der Waals surface area contributed by atoms with Gasteiger partial charge in [-0.2, -0.15) is 0 Å². The maximum absolute atomic E-state index is 10.2. The summed E-state index contributed by atoms with van der Waals surface area (Å²) in [7, 11) is -1.55. The number of nitrogens with one attached hydrogen (secondary N) is 1. The van der Waals surface area contributed by atoms with E-state index < -0.39 is 8.32 Å². The Morgan fingerprint density at radius 1 is 1.31 bits per heavy atom. The van der Waals surface area contributed by atoms with E-state index in [1.54, 1.807) is 0 Å². The van der Waals surface area contributed by atoms with Gasteiger partial charge < -0.3 is 14.5 Å². The van der Waals surface area contributed by atoms with E-state index in [1.807, 2.05) is 0 Å². The van der Waals surface area contributed by atoms with E-state index in [9.17, 15) is 5.11 Å². The molecule has 0 bridgehead atoms. The van der Waals surface area contributed by atoms with Gasteiger partial charge in [-0.15, -0.1) is 0 Å². The molecule has 2 aliphatic rings. The van der Waals surface area contributed by atoms with E-state index in [4.69, 9.17) is 4.43 Å². The normalized spacial score (nSPS) is 28.0. The highest BCUT2D eigenvalue weighted by Gasteiger charge is 2.43. The Labute approximate surface area is 157 Å². The first-order chi connectivity index (χ1) is 12.4. The molecule has 142 valence electrons. The number of aliphatic hydroxyl groups excluding tert-OH is 1. The number of hydrogen-bond acceptors (Lipinski definition) is 3. The van der Waals surface area contributed by atoms with Crippen LogP contribution < -0.4 is 0 Å². The minimum absolute atomic E-state index is 0.242. The SMILES string of the molecule is C[C@H](O[Si](C)(C)C)[C@@H]1C[C@H](CO)[C@@H]2c3[nH]c4ccccc4c3CCN2C1. The number of aromatic amines is 1. The first-order valence-corrected chi connectivity index (χ1v) is 13.4. The predicted molar refractivity (Wildman–Crippen MR) is 109 cm³/mol. The maximum atomic E-state index is 10.2. The van der Waals surface area contributed by atoms with Crippen LogP contribution in [0.15, 0.2) is 24.3 Å². The highest BCUT2D eigenvalue weighted by Crippen LogP contribution is 2.44. The van der Waals surface area contributed by atoms with E-state index in [2.05, 4.69) is 60.7 Å². The molecule has 2 N–H and O–H groups in total. The second-order valence-corrected chi connectivity index (χ2v) is 13.6. The van der Waals surface area contributed by atoms with Crippen molar-refractivity contribution in [2.24, 2.45) is 11.8 Å². The zero-order chi connectivity index (χ0) is 18.5. The van der Waals surface area contributed by atoms with Gasteiger partial charge in [0.25, 0.3) is 0 Å². The molecular formula is C21H32N2O2Si. The van der Waals surface area contributed by atoms with Crippen LogP contribution in [0.4, 0.5) is 0 Å². The van der Waals surface area contributed by atoms with Crippen molar-refractivity contribution in [1.82, 2.24) is 9.88 Å². The molecule has 1 saturated heterocycles. The lowest BCUT2D eigenvalue weighted by Crippen LogP contribution is -2.51. The zero-order valence-corrected chi connectivity index (χ0v) is 17.5. The second-order valence-electron chi connectivity index (χ2n) is 9.13. The van der Waals surface area contributed by atoms with Gasteiger partial charge in [-0.25, -0.2) is 0 Å². The summed E-state index contributed by atoms with van der Waals surface area (Å²) < 4.78 is 6.39. The lowest BCUT2D eigenvalue weighted by molar-refractivity contribution is -0.0178. The fourth-order valence-corrected chi connectivity index (χ4v) is 6.43. The average Bonchev–Trinajstić information content (AvgIpc) is 2.97. The molecule has 1 fully saturated rings. The molecule has 2 aliphatic heterocycles. The van der Waals surface area contributed by atoms with E-state index in [0.29, 0.717) is 12.0 Å². The Bertz CT molecular complexity index is 782. The Kier molecular flexibility index (Phi) is 4.76. The number of fused-ring (bicyclic) bond motifs is 5. The van der Waals surface area contributed by atoms with Crippen LogP contribution in [0.25, 0.3) is 10.9 Å². The largest absolute Gasteiger partial charge is 0.415 e. The lowest BCUT2D eigenvalue weighted by atomic mass is 9.77. The minimum atomic E-state index is -1.55. The molecule has 2 aromatic rings. The van der Waals surface area contributed by atoms with Crippen LogP contribution in [0.3, 0.4) is 0 Å². The van der Waals surface area contributed by atoms with Crippen LogP contribution in [0.5, 0.6) is 0 Å². The van der Waals surface area contributed by atoms with E-state index in [-0.39, 0.29) is 18.6 Å². The van der Waals surface area contributed by atoms with Gasteiger partial charge in [0, 0.05) is 48.3 Å². The summed E-state index contributed by atoms with van der Waals surface area (Å²) in [5, 5.41) is 11.5. The van der Waals surface area contributed by atoms with Crippen molar-refractivity contribution >= 4 is 19.2 Å². The molecule has 5 heteroatoms. The average molecular weight is 373 g/mol. The maximum Gasteiger partial charge on any atom is 0.184 e. The molecule has 0 aliphatic carbocycles. The van der Waals surface area contributed by atoms with E-state index in [0.717, 1.165) is 25.9 Å². The first-order valence-electron chi connectivity index (χ1n) is 9.99. The molecule has 4 rings (SSSR count). The standard InChI is InChI=1S/C21H32N2O2Si/c1-14(25-26(2,3)4)15-11-16(13-24)21-20-18(9-10-23(21)12-15)17-7-5-6-8-19(17)22-20/h5-8,14-16,21-22,24H,9-13H2,1-4H3/t14-,15+,16+,21+/m0/s1. The number of benzene rings is 1. The summed E-state index contributed by atoms with van der Waals surface area (Å²) in [4.78, 5) is 6.28. The number of H-pyrrole nitrogens is 1. The fraction of sp³-hybridized carbons (Fsp3) is 0.619. The van der Waals surface area contributed by atoms with Crippen LogP contribution in [-0.2, 0) is 10.8 Å². The molecule has 1 aromatic carbocycles. The number of piperidine rings is 1. The molecular weight excluding hydrogens is 340 g/mol. The highest BCUT2D eigenvalue weighted by atomic mass is 28.4. The molecule has 4 atom stereocenters. The molecule has 3 heterocycles. The lowest BCUT2D eigenvalue weighted by Gasteiger charge is -2.48. The molecule has 0 saturated carbocycles. The summed E-state index contributed by atoms with van der Waals surface area (Å²) >= 11 is 0. The van der Waals surface area contributed by atoms with Crippen LogP contribution in [0.2, 0.25) is 19.6 Å². The van der Waals surface area contributed by atoms with Gasteiger partial charge in [0.15, 0.2) is 8.32 Å². The van der Waals surface area contributed by atoms with Crippen LogP contribution in [-0.4, -0.2) is 49.1 Å². The number of aromatic nitrogens is 1. The number of para-hydroxylation sites is 1. The van der Waals surface area contributed by atoms with Crippen LogP contribution >= 0.6 is 0 Å². The number of rotatable bonds is 4. The summed E-state index contributed by atoms with van der Waals surface area (Å²) in [6, 6.07) is 8.92. The molecule has 4 nitrogen and oxygen atoms in total. The monoisotopic (exact) mass is 372 g/mol. The molecule has 0 spiro atoms. The molecule has 26 heavy (non-hydrogen) atoms. The van der Waals surface area contributed by atoms with Crippen molar-refractivity contribution in [2.75, 3.05) is 19.7 Å². The van der Waals surface area contributed by atoms with Crippen molar-refractivity contribution in [3.8, 4) is 0 Å². The van der Waals surface area contributed by atoms with Crippen molar-refractivity contribution < 1.29 is 9.53 Å². The Hall–Kier alpha value is -1.14. The van der Waals surface area contributed by atoms with Gasteiger partial charge in [0.1, 0.15) is 0 Å². The summed E-state index contributed by atoms with van der Waals surface area (Å²) in [6.07, 6.45) is 2.39. The summed E-state index contributed by atoms with van der Waals surface area (Å²) in [6.45, 7) is 11.4. The summed E-state index contributed by atoms with van der Waals surface area (Å²) in [5.41, 5.74) is 4.03. The van der Waals surface area contributed by atoms with Gasteiger partial charge in [-0.1, -0.05) is 18.2 Å². The topological polar surface area (TPSA) is 48.5 Å². The fourth-order valence-electron chi connectivity index (χ4n) is 5.12. The van der Waals surface area contributed by atoms with E-state index in [1.165, 1.54) is 22.2 Å². The third-order valence-electron chi connectivity index (χ3n) is 6.14. The smallest absolute Gasteiger partial charge is 0.184 e. The Morgan fingerprint density at radius 2 is 2.08 bits per heavy atom. The van der Waals surface area contributed by atoms with Gasteiger partial charge in [0.05, 0.1) is 6.04 Å². The first kappa shape index (κ1) is 18.2. The Morgan fingerprint density at radius 3 is 2.81 bits per heavy atom. The van der Waals surface area contributed by atoms with Crippen LogP contribution in [0.1, 0.15) is 30.6 Å². The summed E-state index contributed by atoms with van der Waals surface area (Å²) in [5.74, 6) is 0.773. The van der Waals surface area contributed by atoms with Crippen molar-refractivity contribution in [1.29, 1.82) is 0 Å². The quantitative estimate of drug-likeness (QED) is 0.799. The van der Waals surface area contributed by atoms with Crippen molar-refractivity contribution in [2.45, 2.75) is 51.6 Å². The minimum Gasteiger partial charge on any atom is -0.415 e. The number of hydrogen-bond donors (Lipinski definition) is 2. The van der Waals surface area contributed by atoms with Gasteiger partial charge in [0.2, 0.25) is 0 Å². The van der Waals surface area contributed by atoms with E-state index >= 15 is 0 Å². The Balaban J connectivity index is 1.62. The predicted octanol–water partition coefficient (Wildman–Crippen LogP) is 3.94. The van der Waals surface area contributed by atoms with Gasteiger partial charge in [-0.05, 0) is 57.0 Å². The molecule has 0 amide bonds.